The fraction of sp³-hybridized carbons (Fsp3) is 0.571. The van der Waals surface area contributed by atoms with Gasteiger partial charge in [-0.2, -0.15) is 5.10 Å². The van der Waals surface area contributed by atoms with E-state index in [0.29, 0.717) is 12.6 Å². The highest BCUT2D eigenvalue weighted by molar-refractivity contribution is 5.27. The number of hydrogen-bond acceptors (Lipinski definition) is 4. The molecule has 4 rings (SSSR count). The van der Waals surface area contributed by atoms with E-state index in [1.807, 2.05) is 23.1 Å². The van der Waals surface area contributed by atoms with Crippen LogP contribution in [0.3, 0.4) is 0 Å². The van der Waals surface area contributed by atoms with Crippen molar-refractivity contribution in [3.05, 3.63) is 53.9 Å². The molecular weight excluding hydrogens is 324 g/mol. The Morgan fingerprint density at radius 1 is 1.12 bits per heavy atom. The first-order chi connectivity index (χ1) is 12.7. The third-order valence-electron chi connectivity index (χ3n) is 6.05. The molecule has 0 aliphatic carbocycles. The first kappa shape index (κ1) is 17.7. The molecule has 1 aromatic carbocycles. The average Bonchev–Trinajstić information content (AvgIpc) is 3.17. The van der Waals surface area contributed by atoms with Crippen molar-refractivity contribution in [2.24, 2.45) is 0 Å². The summed E-state index contributed by atoms with van der Waals surface area (Å²) in [4.78, 5) is 2.51. The van der Waals surface area contributed by atoms with Gasteiger partial charge in [0.25, 0.3) is 0 Å². The Labute approximate surface area is 156 Å². The Morgan fingerprint density at radius 3 is 2.81 bits per heavy atom. The molecule has 0 unspecified atom stereocenters. The van der Waals surface area contributed by atoms with Crippen LogP contribution in [0.4, 0.5) is 0 Å². The highest BCUT2D eigenvalue weighted by Crippen LogP contribution is 2.33. The quantitative estimate of drug-likeness (QED) is 0.836. The van der Waals surface area contributed by atoms with Gasteiger partial charge in [-0.1, -0.05) is 30.7 Å². The first-order valence-corrected chi connectivity index (χ1v) is 9.96. The standard InChI is InChI=1S/C21H30N4O/c26-21(10-5-13-24-12-4-3-9-20(21)24)17-22-15-18-7-1-2-8-19(18)16-25-14-6-11-23-25/h1-2,6-8,11,14,20,22,26H,3-5,9-10,12-13,15-17H2/t20-,21-/m1/s1. The number of piperidine rings is 2. The summed E-state index contributed by atoms with van der Waals surface area (Å²) in [7, 11) is 0. The van der Waals surface area contributed by atoms with Crippen LogP contribution in [0.1, 0.15) is 43.2 Å². The Bertz CT molecular complexity index is 700. The molecule has 2 N–H and O–H groups in total. The highest BCUT2D eigenvalue weighted by atomic mass is 16.3. The molecule has 140 valence electrons. The number of hydrogen-bond donors (Lipinski definition) is 2. The number of benzene rings is 1. The van der Waals surface area contributed by atoms with Crippen LogP contribution < -0.4 is 5.32 Å². The van der Waals surface area contributed by atoms with Gasteiger partial charge < -0.3 is 10.4 Å². The van der Waals surface area contributed by atoms with Crippen molar-refractivity contribution < 1.29 is 5.11 Å². The maximum Gasteiger partial charge on any atom is 0.0926 e. The van der Waals surface area contributed by atoms with Crippen LogP contribution in [0.15, 0.2) is 42.7 Å². The van der Waals surface area contributed by atoms with Gasteiger partial charge in [0.05, 0.1) is 12.1 Å². The third kappa shape index (κ3) is 3.85. The molecule has 26 heavy (non-hydrogen) atoms. The third-order valence-corrected chi connectivity index (χ3v) is 6.05. The summed E-state index contributed by atoms with van der Waals surface area (Å²) < 4.78 is 1.95. The summed E-state index contributed by atoms with van der Waals surface area (Å²) in [6.07, 6.45) is 9.48. The van der Waals surface area contributed by atoms with Crippen molar-refractivity contribution in [1.29, 1.82) is 0 Å². The maximum atomic E-state index is 11.3. The summed E-state index contributed by atoms with van der Waals surface area (Å²) in [5.41, 5.74) is 1.97. The second-order valence-electron chi connectivity index (χ2n) is 7.83. The molecule has 5 nitrogen and oxygen atoms in total. The van der Waals surface area contributed by atoms with Gasteiger partial charge in [-0.25, -0.2) is 0 Å². The van der Waals surface area contributed by atoms with E-state index < -0.39 is 5.60 Å². The number of aliphatic hydroxyl groups is 1. The van der Waals surface area contributed by atoms with Gasteiger partial charge in [0.1, 0.15) is 0 Å². The predicted molar refractivity (Wildman–Crippen MR) is 103 cm³/mol. The smallest absolute Gasteiger partial charge is 0.0926 e. The fourth-order valence-electron chi connectivity index (χ4n) is 4.69. The largest absolute Gasteiger partial charge is 0.387 e. The number of nitrogens with zero attached hydrogens (tertiary/aromatic N) is 3. The first-order valence-electron chi connectivity index (χ1n) is 9.96. The van der Waals surface area contributed by atoms with Crippen molar-refractivity contribution >= 4 is 0 Å². The zero-order valence-corrected chi connectivity index (χ0v) is 15.5. The van der Waals surface area contributed by atoms with E-state index in [2.05, 4.69) is 39.6 Å². The van der Waals surface area contributed by atoms with Crippen molar-refractivity contribution in [3.63, 3.8) is 0 Å². The fourth-order valence-corrected chi connectivity index (χ4v) is 4.69. The monoisotopic (exact) mass is 354 g/mol. The van der Waals surface area contributed by atoms with Gasteiger partial charge >= 0.3 is 0 Å². The van der Waals surface area contributed by atoms with Gasteiger partial charge in [-0.15, -0.1) is 0 Å². The molecule has 0 saturated carbocycles. The highest BCUT2D eigenvalue weighted by Gasteiger charge is 2.43. The van der Waals surface area contributed by atoms with E-state index in [-0.39, 0.29) is 0 Å². The Hall–Kier alpha value is -1.69. The molecule has 5 heteroatoms. The Morgan fingerprint density at radius 2 is 1.96 bits per heavy atom. The van der Waals surface area contributed by atoms with Crippen molar-refractivity contribution in [1.82, 2.24) is 20.0 Å². The zero-order chi connectivity index (χ0) is 17.8. The Balaban J connectivity index is 1.38. The molecule has 3 heterocycles. The zero-order valence-electron chi connectivity index (χ0n) is 15.5. The van der Waals surface area contributed by atoms with Crippen molar-refractivity contribution in [2.75, 3.05) is 19.6 Å². The number of fused-ring (bicyclic) bond motifs is 1. The average molecular weight is 354 g/mol. The number of aromatic nitrogens is 2. The lowest BCUT2D eigenvalue weighted by atomic mass is 9.79. The van der Waals surface area contributed by atoms with E-state index in [0.717, 1.165) is 45.4 Å². The van der Waals surface area contributed by atoms with E-state index in [4.69, 9.17) is 0 Å². The van der Waals surface area contributed by atoms with Gasteiger partial charge in [0.15, 0.2) is 0 Å². The lowest BCUT2D eigenvalue weighted by Crippen LogP contribution is -2.62. The second-order valence-corrected chi connectivity index (χ2v) is 7.83. The normalized spacial score (nSPS) is 26.6. The van der Waals surface area contributed by atoms with Crippen LogP contribution >= 0.6 is 0 Å². The summed E-state index contributed by atoms with van der Waals surface area (Å²) in [5.74, 6) is 0. The van der Waals surface area contributed by atoms with Gasteiger partial charge in [0, 0.05) is 31.5 Å². The molecule has 2 aliphatic heterocycles. The molecule has 2 fully saturated rings. The van der Waals surface area contributed by atoms with E-state index in [1.165, 1.54) is 24.0 Å². The minimum atomic E-state index is -0.588. The van der Waals surface area contributed by atoms with Crippen LogP contribution in [0.2, 0.25) is 0 Å². The van der Waals surface area contributed by atoms with Crippen molar-refractivity contribution in [2.45, 2.75) is 56.8 Å². The van der Waals surface area contributed by atoms with Crippen LogP contribution in [-0.2, 0) is 13.1 Å². The molecule has 2 saturated heterocycles. The van der Waals surface area contributed by atoms with Crippen LogP contribution in [0.25, 0.3) is 0 Å². The van der Waals surface area contributed by atoms with Gasteiger partial charge in [0.2, 0.25) is 0 Å². The maximum absolute atomic E-state index is 11.3. The lowest BCUT2D eigenvalue weighted by Gasteiger charge is -2.49. The molecule has 2 aromatic rings. The molecule has 2 aliphatic rings. The molecule has 0 radical (unpaired) electrons. The lowest BCUT2D eigenvalue weighted by molar-refractivity contribution is -0.0919. The van der Waals surface area contributed by atoms with Crippen LogP contribution in [0, 0.1) is 0 Å². The predicted octanol–water partition coefficient (Wildman–Crippen LogP) is 2.40. The van der Waals surface area contributed by atoms with Crippen molar-refractivity contribution in [3.8, 4) is 0 Å². The molecule has 1 aromatic heterocycles. The van der Waals surface area contributed by atoms with E-state index >= 15 is 0 Å². The van der Waals surface area contributed by atoms with Crippen LogP contribution in [-0.4, -0.2) is 51.1 Å². The second kappa shape index (κ2) is 7.91. The summed E-state index contributed by atoms with van der Waals surface area (Å²) in [5, 5.41) is 19.2. The molecular formula is C21H30N4O. The minimum absolute atomic E-state index is 0.330. The summed E-state index contributed by atoms with van der Waals surface area (Å²) >= 11 is 0. The Kier molecular flexibility index (Phi) is 5.38. The van der Waals surface area contributed by atoms with Gasteiger partial charge in [-0.05, 0) is 56.0 Å². The summed E-state index contributed by atoms with van der Waals surface area (Å²) in [6.45, 7) is 4.54. The molecule has 0 amide bonds. The molecule has 0 bridgehead atoms. The van der Waals surface area contributed by atoms with E-state index in [1.54, 1.807) is 0 Å². The number of nitrogens with one attached hydrogen (secondary N) is 1. The molecule has 2 atom stereocenters. The van der Waals surface area contributed by atoms with Crippen LogP contribution in [0.5, 0.6) is 0 Å². The molecule has 0 spiro atoms. The SMILES string of the molecule is O[C@@]1(CNCc2ccccc2Cn2cccn2)CCCN2CCCC[C@@H]21. The van der Waals surface area contributed by atoms with Gasteiger partial charge in [-0.3, -0.25) is 9.58 Å². The minimum Gasteiger partial charge on any atom is -0.387 e. The topological polar surface area (TPSA) is 53.3 Å². The number of rotatable bonds is 6. The summed E-state index contributed by atoms with van der Waals surface area (Å²) in [6, 6.07) is 10.8. The van der Waals surface area contributed by atoms with E-state index in [9.17, 15) is 5.11 Å².